The third-order valence-corrected chi connectivity index (χ3v) is 3.24. The second kappa shape index (κ2) is 4.68. The quantitative estimate of drug-likeness (QED) is 0.836. The zero-order chi connectivity index (χ0) is 14.2. The molecule has 0 unspecified atom stereocenters. The Labute approximate surface area is 110 Å². The lowest BCUT2D eigenvalue weighted by atomic mass is 10.1. The van der Waals surface area contributed by atoms with Crippen LogP contribution in [0.5, 0.6) is 0 Å². The van der Waals surface area contributed by atoms with Gasteiger partial charge in [0.25, 0.3) is 11.8 Å². The van der Waals surface area contributed by atoms with Crippen LogP contribution in [0.25, 0.3) is 0 Å². The minimum atomic E-state index is -1.01. The van der Waals surface area contributed by atoms with Gasteiger partial charge in [0.15, 0.2) is 0 Å². The van der Waals surface area contributed by atoms with Crippen molar-refractivity contribution in [2.24, 2.45) is 0 Å². The first kappa shape index (κ1) is 13.0. The molecule has 0 bridgehead atoms. The molecule has 1 aliphatic rings. The molecule has 2 amide bonds. The van der Waals surface area contributed by atoms with Gasteiger partial charge in [-0.2, -0.15) is 0 Å². The van der Waals surface area contributed by atoms with Crippen LogP contribution < -0.4 is 0 Å². The molecule has 0 spiro atoms. The van der Waals surface area contributed by atoms with Gasteiger partial charge in [-0.25, -0.2) is 4.79 Å². The van der Waals surface area contributed by atoms with Crippen LogP contribution in [-0.2, 0) is 16.1 Å². The molecule has 1 aromatic rings. The maximum Gasteiger partial charge on any atom is 0.335 e. The van der Waals surface area contributed by atoms with E-state index in [1.165, 1.54) is 17.0 Å². The van der Waals surface area contributed by atoms with Crippen molar-refractivity contribution in [1.82, 2.24) is 4.90 Å². The van der Waals surface area contributed by atoms with Crippen LogP contribution in [0.15, 0.2) is 35.4 Å². The third kappa shape index (κ3) is 2.27. The summed E-state index contributed by atoms with van der Waals surface area (Å²) in [4.78, 5) is 35.6. The molecule has 1 N–H and O–H groups in total. The largest absolute Gasteiger partial charge is 0.478 e. The lowest BCUT2D eigenvalue weighted by Crippen LogP contribution is -2.30. The van der Waals surface area contributed by atoms with Crippen molar-refractivity contribution in [3.63, 3.8) is 0 Å². The van der Waals surface area contributed by atoms with Crippen LogP contribution in [0.2, 0.25) is 0 Å². The molecule has 0 aliphatic carbocycles. The number of hydrogen-bond donors (Lipinski definition) is 1. The predicted octanol–water partition coefficient (Wildman–Crippen LogP) is 1.59. The molecule has 0 radical (unpaired) electrons. The van der Waals surface area contributed by atoms with Crippen LogP contribution >= 0.6 is 0 Å². The molecule has 0 saturated heterocycles. The Balaban J connectivity index is 2.17. The fourth-order valence-corrected chi connectivity index (χ4v) is 1.90. The summed E-state index contributed by atoms with van der Waals surface area (Å²) in [5, 5.41) is 8.79. The van der Waals surface area contributed by atoms with Gasteiger partial charge in [0.05, 0.1) is 12.1 Å². The van der Waals surface area contributed by atoms with Crippen LogP contribution in [0, 0.1) is 0 Å². The van der Waals surface area contributed by atoms with Crippen molar-refractivity contribution in [2.75, 3.05) is 0 Å². The Morgan fingerprint density at radius 1 is 1.05 bits per heavy atom. The zero-order valence-corrected chi connectivity index (χ0v) is 10.6. The summed E-state index contributed by atoms with van der Waals surface area (Å²) in [7, 11) is 0. The fourth-order valence-electron chi connectivity index (χ4n) is 1.90. The van der Waals surface area contributed by atoms with E-state index < -0.39 is 5.97 Å². The molecular weight excluding hydrogens is 246 g/mol. The second-order valence-electron chi connectivity index (χ2n) is 4.45. The number of hydrogen-bond acceptors (Lipinski definition) is 3. The van der Waals surface area contributed by atoms with Crippen LogP contribution in [0.1, 0.15) is 29.8 Å². The number of rotatable bonds is 3. The predicted molar refractivity (Wildman–Crippen MR) is 67.3 cm³/mol. The molecule has 5 nitrogen and oxygen atoms in total. The molecule has 2 rings (SSSR count). The maximum absolute atomic E-state index is 11.9. The summed E-state index contributed by atoms with van der Waals surface area (Å²) in [5.41, 5.74) is 1.82. The van der Waals surface area contributed by atoms with E-state index in [0.29, 0.717) is 16.7 Å². The van der Waals surface area contributed by atoms with Gasteiger partial charge in [-0.05, 0) is 31.5 Å². The summed E-state index contributed by atoms with van der Waals surface area (Å²) in [6.07, 6.45) is 0. The normalized spacial score (nSPS) is 15.4. The molecule has 1 aliphatic heterocycles. The van der Waals surface area contributed by atoms with Gasteiger partial charge in [-0.15, -0.1) is 0 Å². The molecule has 1 aromatic carbocycles. The number of carbonyl (C=O) groups is 3. The molecular formula is C14H13NO4. The highest BCUT2D eigenvalue weighted by Crippen LogP contribution is 2.21. The monoisotopic (exact) mass is 259 g/mol. The number of nitrogens with zero attached hydrogens (tertiary/aromatic N) is 1. The number of aromatic carboxylic acids is 1. The molecule has 1 heterocycles. The summed E-state index contributed by atoms with van der Waals surface area (Å²) in [6.45, 7) is 3.42. The molecule has 5 heteroatoms. The van der Waals surface area contributed by atoms with E-state index in [0.717, 1.165) is 0 Å². The minimum Gasteiger partial charge on any atom is -0.478 e. The Kier molecular flexibility index (Phi) is 3.21. The van der Waals surface area contributed by atoms with Crippen LogP contribution in [-0.4, -0.2) is 27.8 Å². The van der Waals surface area contributed by atoms with Crippen LogP contribution in [0.3, 0.4) is 0 Å². The molecule has 0 saturated carbocycles. The lowest BCUT2D eigenvalue weighted by Gasteiger charge is -2.14. The smallest absolute Gasteiger partial charge is 0.335 e. The van der Waals surface area contributed by atoms with Gasteiger partial charge in [0.2, 0.25) is 0 Å². The highest BCUT2D eigenvalue weighted by atomic mass is 16.4. The average molecular weight is 259 g/mol. The number of carboxylic acid groups (broad SMARTS) is 1. The van der Waals surface area contributed by atoms with Crippen molar-refractivity contribution in [3.8, 4) is 0 Å². The zero-order valence-electron chi connectivity index (χ0n) is 10.6. The van der Waals surface area contributed by atoms with E-state index in [2.05, 4.69) is 0 Å². The lowest BCUT2D eigenvalue weighted by molar-refractivity contribution is -0.138. The van der Waals surface area contributed by atoms with Crippen LogP contribution in [0.4, 0.5) is 0 Å². The minimum absolute atomic E-state index is 0.159. The van der Waals surface area contributed by atoms with E-state index in [1.807, 2.05) is 0 Å². The highest BCUT2D eigenvalue weighted by Gasteiger charge is 2.33. The van der Waals surface area contributed by atoms with Crippen molar-refractivity contribution in [1.29, 1.82) is 0 Å². The Hall–Kier alpha value is -2.43. The standard InChI is InChI=1S/C14H13NO4/c1-8-9(2)13(17)15(12(8)16)7-10-3-5-11(6-4-10)14(18)19/h3-6H,7H2,1-2H3,(H,18,19). The topological polar surface area (TPSA) is 74.7 Å². The first-order valence-electron chi connectivity index (χ1n) is 5.77. The second-order valence-corrected chi connectivity index (χ2v) is 4.45. The van der Waals surface area contributed by atoms with Gasteiger partial charge in [-0.3, -0.25) is 14.5 Å². The molecule has 0 atom stereocenters. The highest BCUT2D eigenvalue weighted by molar-refractivity contribution is 6.18. The summed E-state index contributed by atoms with van der Waals surface area (Å²) in [6, 6.07) is 6.12. The van der Waals surface area contributed by atoms with E-state index in [1.54, 1.807) is 26.0 Å². The Morgan fingerprint density at radius 2 is 1.53 bits per heavy atom. The number of carbonyl (C=O) groups excluding carboxylic acids is 2. The Bertz CT molecular complexity index is 574. The van der Waals surface area contributed by atoms with Crippen molar-refractivity contribution in [2.45, 2.75) is 20.4 Å². The van der Waals surface area contributed by atoms with Gasteiger partial charge in [-0.1, -0.05) is 12.1 Å². The SMILES string of the molecule is CC1=C(C)C(=O)N(Cc2ccc(C(=O)O)cc2)C1=O. The van der Waals surface area contributed by atoms with Gasteiger partial charge in [0, 0.05) is 11.1 Å². The summed E-state index contributed by atoms with van der Waals surface area (Å²) < 4.78 is 0. The molecule has 0 aromatic heterocycles. The molecule has 0 fully saturated rings. The number of amides is 2. The van der Waals surface area contributed by atoms with E-state index in [4.69, 9.17) is 5.11 Å². The van der Waals surface area contributed by atoms with Gasteiger partial charge < -0.3 is 5.11 Å². The fraction of sp³-hybridized carbons (Fsp3) is 0.214. The summed E-state index contributed by atoms with van der Waals surface area (Å²) in [5.74, 6) is -1.58. The third-order valence-electron chi connectivity index (χ3n) is 3.24. The van der Waals surface area contributed by atoms with E-state index in [9.17, 15) is 14.4 Å². The number of benzene rings is 1. The summed E-state index contributed by atoms with van der Waals surface area (Å²) >= 11 is 0. The number of imide groups is 1. The van der Waals surface area contributed by atoms with Gasteiger partial charge in [0.1, 0.15) is 0 Å². The Morgan fingerprint density at radius 3 is 1.95 bits per heavy atom. The van der Waals surface area contributed by atoms with E-state index in [-0.39, 0.29) is 23.9 Å². The molecule has 98 valence electrons. The van der Waals surface area contributed by atoms with E-state index >= 15 is 0 Å². The first-order chi connectivity index (χ1) is 8.91. The molecule has 19 heavy (non-hydrogen) atoms. The number of carboxylic acids is 1. The van der Waals surface area contributed by atoms with Crippen molar-refractivity contribution >= 4 is 17.8 Å². The maximum atomic E-state index is 11.9. The van der Waals surface area contributed by atoms with Crippen molar-refractivity contribution < 1.29 is 19.5 Å². The first-order valence-corrected chi connectivity index (χ1v) is 5.77. The van der Waals surface area contributed by atoms with Gasteiger partial charge >= 0.3 is 5.97 Å². The van der Waals surface area contributed by atoms with Crippen molar-refractivity contribution in [3.05, 3.63) is 46.5 Å². The average Bonchev–Trinajstić information content (AvgIpc) is 2.57.